The van der Waals surface area contributed by atoms with Crippen molar-refractivity contribution in [2.45, 2.75) is 71.6 Å². The molecule has 0 bridgehead atoms. The molecule has 0 radical (unpaired) electrons. The second kappa shape index (κ2) is 14.3. The summed E-state index contributed by atoms with van der Waals surface area (Å²) in [6.07, 6.45) is -0.0611. The summed E-state index contributed by atoms with van der Waals surface area (Å²) in [6, 6.07) is 25.6. The van der Waals surface area contributed by atoms with Gasteiger partial charge in [0.15, 0.2) is 0 Å². The Bertz CT molecular complexity index is 1600. The monoisotopic (exact) mass is 612 g/mol. The molecule has 9 nitrogen and oxygen atoms in total. The summed E-state index contributed by atoms with van der Waals surface area (Å²) in [5, 5.41) is 9.56. The van der Waals surface area contributed by atoms with Crippen molar-refractivity contribution >= 4 is 29.0 Å². The van der Waals surface area contributed by atoms with Crippen molar-refractivity contribution < 1.29 is 23.9 Å². The fraction of sp³-hybridized carbons (Fsp3) is 0.361. The zero-order valence-electron chi connectivity index (χ0n) is 27.0. The van der Waals surface area contributed by atoms with Crippen molar-refractivity contribution in [3.05, 3.63) is 84.6 Å². The van der Waals surface area contributed by atoms with Gasteiger partial charge in [-0.25, -0.2) is 9.59 Å². The highest BCUT2D eigenvalue weighted by atomic mass is 16.6. The smallest absolute Gasteiger partial charge is 0.407 e. The standard InChI is InChI=1S/C36H44N4O5/c1-35(2,3)44-33(42)37-21-13-18-27(39-34(43)45-36(4,5)6)23-38-32(41)31-30(25-16-11-8-12-17-25)28-22-26(19-20-29(28)40-31)24-14-9-7-10-15-24/h7-12,14-17,19-20,22,27,40H,13,18,21,23H2,1-6H3,(H,37,42)(H,38,41)(H,39,43)/t27-/m0/s1. The summed E-state index contributed by atoms with van der Waals surface area (Å²) < 4.78 is 10.8. The van der Waals surface area contributed by atoms with Crippen LogP contribution in [-0.2, 0) is 9.47 Å². The van der Waals surface area contributed by atoms with E-state index in [4.69, 9.17) is 9.47 Å². The van der Waals surface area contributed by atoms with Crippen LogP contribution in [0.15, 0.2) is 78.9 Å². The van der Waals surface area contributed by atoms with Crippen LogP contribution in [0.4, 0.5) is 9.59 Å². The highest BCUT2D eigenvalue weighted by Crippen LogP contribution is 2.35. The van der Waals surface area contributed by atoms with Gasteiger partial charge in [0, 0.05) is 35.6 Å². The van der Waals surface area contributed by atoms with E-state index in [1.165, 1.54) is 0 Å². The van der Waals surface area contributed by atoms with E-state index in [-0.39, 0.29) is 12.5 Å². The quantitative estimate of drug-likeness (QED) is 0.139. The van der Waals surface area contributed by atoms with Crippen LogP contribution >= 0.6 is 0 Å². The predicted octanol–water partition coefficient (Wildman–Crippen LogP) is 7.43. The number of aromatic amines is 1. The number of ether oxygens (including phenoxy) is 2. The summed E-state index contributed by atoms with van der Waals surface area (Å²) in [7, 11) is 0. The van der Waals surface area contributed by atoms with E-state index in [1.54, 1.807) is 41.5 Å². The molecule has 0 unspecified atom stereocenters. The summed E-state index contributed by atoms with van der Waals surface area (Å²) in [6.45, 7) is 11.3. The molecule has 0 aliphatic rings. The Morgan fingerprint density at radius 1 is 0.733 bits per heavy atom. The lowest BCUT2D eigenvalue weighted by Crippen LogP contribution is -2.46. The molecule has 1 heterocycles. The van der Waals surface area contributed by atoms with E-state index in [0.29, 0.717) is 25.1 Å². The van der Waals surface area contributed by atoms with Crippen molar-refractivity contribution in [3.8, 4) is 22.3 Å². The number of carbonyl (C=O) groups excluding carboxylic acids is 3. The van der Waals surface area contributed by atoms with Crippen LogP contribution in [0.5, 0.6) is 0 Å². The summed E-state index contributed by atoms with van der Waals surface area (Å²) in [4.78, 5) is 41.8. The fourth-order valence-electron chi connectivity index (χ4n) is 4.93. The maximum Gasteiger partial charge on any atom is 0.407 e. The molecule has 4 N–H and O–H groups in total. The third kappa shape index (κ3) is 9.86. The van der Waals surface area contributed by atoms with Crippen LogP contribution in [0.3, 0.4) is 0 Å². The van der Waals surface area contributed by atoms with Crippen LogP contribution in [-0.4, -0.2) is 53.4 Å². The molecule has 0 spiro atoms. The number of alkyl carbamates (subject to hydrolysis) is 2. The van der Waals surface area contributed by atoms with Crippen LogP contribution in [0, 0.1) is 0 Å². The number of fused-ring (bicyclic) bond motifs is 1. The third-order valence-electron chi connectivity index (χ3n) is 6.82. The van der Waals surface area contributed by atoms with Crippen LogP contribution in [0.1, 0.15) is 64.9 Å². The van der Waals surface area contributed by atoms with E-state index in [2.05, 4.69) is 39.1 Å². The minimum absolute atomic E-state index is 0.156. The van der Waals surface area contributed by atoms with Gasteiger partial charge in [-0.05, 0) is 83.2 Å². The van der Waals surface area contributed by atoms with Crippen molar-refractivity contribution in [2.75, 3.05) is 13.1 Å². The van der Waals surface area contributed by atoms with Crippen LogP contribution in [0.25, 0.3) is 33.2 Å². The number of rotatable bonds is 10. The third-order valence-corrected chi connectivity index (χ3v) is 6.82. The highest BCUT2D eigenvalue weighted by Gasteiger charge is 2.23. The molecule has 9 heteroatoms. The van der Waals surface area contributed by atoms with Crippen molar-refractivity contribution in [1.29, 1.82) is 0 Å². The first-order valence-corrected chi connectivity index (χ1v) is 15.3. The largest absolute Gasteiger partial charge is 0.444 e. The molecule has 238 valence electrons. The highest BCUT2D eigenvalue weighted by molar-refractivity contribution is 6.10. The second-order valence-corrected chi connectivity index (χ2v) is 13.0. The van der Waals surface area contributed by atoms with Crippen molar-refractivity contribution in [3.63, 3.8) is 0 Å². The topological polar surface area (TPSA) is 122 Å². The second-order valence-electron chi connectivity index (χ2n) is 13.0. The summed E-state index contributed by atoms with van der Waals surface area (Å²) >= 11 is 0. The van der Waals surface area contributed by atoms with Gasteiger partial charge < -0.3 is 30.4 Å². The molecule has 1 aromatic heterocycles. The molecule has 0 saturated carbocycles. The number of benzene rings is 3. The maximum atomic E-state index is 13.8. The summed E-state index contributed by atoms with van der Waals surface area (Å²) in [5.41, 5.74) is 3.85. The lowest BCUT2D eigenvalue weighted by atomic mass is 9.98. The van der Waals surface area contributed by atoms with Gasteiger partial charge in [-0.1, -0.05) is 66.7 Å². The average molecular weight is 613 g/mol. The molecular weight excluding hydrogens is 568 g/mol. The van der Waals surface area contributed by atoms with Gasteiger partial charge in [0.05, 0.1) is 0 Å². The molecule has 0 saturated heterocycles. The Hall–Kier alpha value is -4.79. The van der Waals surface area contributed by atoms with Crippen LogP contribution < -0.4 is 16.0 Å². The maximum absolute atomic E-state index is 13.8. The molecule has 0 fully saturated rings. The van der Waals surface area contributed by atoms with E-state index >= 15 is 0 Å². The zero-order valence-corrected chi connectivity index (χ0v) is 27.0. The normalized spacial score (nSPS) is 12.3. The van der Waals surface area contributed by atoms with Gasteiger partial charge >= 0.3 is 12.2 Å². The van der Waals surface area contributed by atoms with Gasteiger partial charge in [-0.3, -0.25) is 4.79 Å². The average Bonchev–Trinajstić information content (AvgIpc) is 3.36. The Morgan fingerprint density at radius 3 is 1.96 bits per heavy atom. The molecule has 1 atom stereocenters. The SMILES string of the molecule is CC(C)(C)OC(=O)NCCC[C@@H](CNC(=O)c1[nH]c2ccc(-c3ccccc3)cc2c1-c1ccccc1)NC(=O)OC(C)(C)C. The lowest BCUT2D eigenvalue weighted by molar-refractivity contribution is 0.0487. The van der Waals surface area contributed by atoms with E-state index in [0.717, 1.165) is 33.2 Å². The number of hydrogen-bond donors (Lipinski definition) is 4. The van der Waals surface area contributed by atoms with Crippen LogP contribution in [0.2, 0.25) is 0 Å². The molecule has 0 aliphatic heterocycles. The number of amides is 3. The Kier molecular flexibility index (Phi) is 10.5. The molecule has 4 aromatic rings. The Labute approximate surface area is 265 Å². The molecule has 0 aliphatic carbocycles. The first-order chi connectivity index (χ1) is 21.3. The minimum Gasteiger partial charge on any atom is -0.444 e. The van der Waals surface area contributed by atoms with Crippen molar-refractivity contribution in [1.82, 2.24) is 20.9 Å². The Balaban J connectivity index is 1.53. The molecule has 4 rings (SSSR count). The molecule has 3 amide bonds. The number of nitrogens with one attached hydrogen (secondary N) is 4. The lowest BCUT2D eigenvalue weighted by Gasteiger charge is -2.24. The zero-order chi connectivity index (χ0) is 32.6. The Morgan fingerprint density at radius 2 is 1.33 bits per heavy atom. The number of carbonyl (C=O) groups is 3. The van der Waals surface area contributed by atoms with E-state index in [9.17, 15) is 14.4 Å². The molecular formula is C36H44N4O5. The van der Waals surface area contributed by atoms with E-state index < -0.39 is 29.4 Å². The predicted molar refractivity (Wildman–Crippen MR) is 178 cm³/mol. The van der Waals surface area contributed by atoms with Gasteiger partial charge in [0.25, 0.3) is 5.91 Å². The van der Waals surface area contributed by atoms with Crippen molar-refractivity contribution in [2.24, 2.45) is 0 Å². The number of hydrogen-bond acceptors (Lipinski definition) is 5. The summed E-state index contributed by atoms with van der Waals surface area (Å²) in [5.74, 6) is -0.297. The number of aromatic nitrogens is 1. The van der Waals surface area contributed by atoms with E-state index in [1.807, 2.05) is 60.7 Å². The minimum atomic E-state index is -0.677. The van der Waals surface area contributed by atoms with Gasteiger partial charge in [-0.15, -0.1) is 0 Å². The molecule has 3 aromatic carbocycles. The first kappa shape index (κ1) is 33.1. The first-order valence-electron chi connectivity index (χ1n) is 15.3. The van der Waals surface area contributed by atoms with Gasteiger partial charge in [0.2, 0.25) is 0 Å². The van der Waals surface area contributed by atoms with Gasteiger partial charge in [0.1, 0.15) is 16.9 Å². The molecule has 45 heavy (non-hydrogen) atoms. The number of H-pyrrole nitrogens is 1. The van der Waals surface area contributed by atoms with Gasteiger partial charge in [-0.2, -0.15) is 0 Å². The fourth-order valence-corrected chi connectivity index (χ4v) is 4.93.